The Bertz CT molecular complexity index is 951. The molecule has 0 saturated carbocycles. The minimum absolute atomic E-state index is 0.103. The Kier molecular flexibility index (Phi) is 5.42. The van der Waals surface area contributed by atoms with E-state index in [-0.39, 0.29) is 11.3 Å². The molecule has 1 amide bonds. The molecule has 5 nitrogen and oxygen atoms in total. The molecule has 2 N–H and O–H groups in total. The molecule has 1 aromatic heterocycles. The van der Waals surface area contributed by atoms with E-state index < -0.39 is 0 Å². The predicted octanol–water partition coefficient (Wildman–Crippen LogP) is 4.79. The lowest BCUT2D eigenvalue weighted by atomic mass is 9.87. The lowest BCUT2D eigenvalue weighted by Crippen LogP contribution is -2.18. The van der Waals surface area contributed by atoms with E-state index in [2.05, 4.69) is 53.6 Å². The topological polar surface area (TPSA) is 70.1 Å². The number of amides is 1. The molecule has 0 bridgehead atoms. The third-order valence-corrected chi connectivity index (χ3v) is 4.37. The van der Waals surface area contributed by atoms with Gasteiger partial charge in [0.25, 0.3) is 5.91 Å². The van der Waals surface area contributed by atoms with Crippen molar-refractivity contribution in [3.63, 3.8) is 0 Å². The second-order valence-corrected chi connectivity index (χ2v) is 7.68. The van der Waals surface area contributed by atoms with Gasteiger partial charge in [0.1, 0.15) is 5.69 Å². The van der Waals surface area contributed by atoms with Crippen LogP contribution in [0.4, 0.5) is 0 Å². The fraction of sp³-hybridized carbons (Fsp3) is 0.190. The van der Waals surface area contributed by atoms with Gasteiger partial charge in [-0.3, -0.25) is 9.89 Å². The zero-order valence-corrected chi connectivity index (χ0v) is 16.2. The summed E-state index contributed by atoms with van der Waals surface area (Å²) < 4.78 is 0. The van der Waals surface area contributed by atoms with Gasteiger partial charge in [0, 0.05) is 10.6 Å². The van der Waals surface area contributed by atoms with Crippen LogP contribution in [0.1, 0.15) is 42.4 Å². The molecule has 3 rings (SSSR count). The smallest absolute Gasteiger partial charge is 0.272 e. The Morgan fingerprint density at radius 2 is 1.78 bits per heavy atom. The minimum Gasteiger partial charge on any atom is -0.272 e. The Balaban J connectivity index is 1.62. The van der Waals surface area contributed by atoms with Gasteiger partial charge in [-0.05, 0) is 34.7 Å². The summed E-state index contributed by atoms with van der Waals surface area (Å²) in [6.45, 7) is 6.50. The van der Waals surface area contributed by atoms with Crippen molar-refractivity contribution in [3.05, 3.63) is 76.4 Å². The van der Waals surface area contributed by atoms with Gasteiger partial charge in [0.15, 0.2) is 0 Å². The van der Waals surface area contributed by atoms with Gasteiger partial charge in [-0.2, -0.15) is 10.2 Å². The second-order valence-electron chi connectivity index (χ2n) is 7.24. The molecule has 6 heteroatoms. The number of carbonyl (C=O) groups is 1. The van der Waals surface area contributed by atoms with Gasteiger partial charge < -0.3 is 0 Å². The predicted molar refractivity (Wildman–Crippen MR) is 109 cm³/mol. The van der Waals surface area contributed by atoms with Crippen LogP contribution in [-0.2, 0) is 5.41 Å². The molecule has 2 aromatic carbocycles. The summed E-state index contributed by atoms with van der Waals surface area (Å²) in [6, 6.07) is 17.0. The van der Waals surface area contributed by atoms with Crippen molar-refractivity contribution in [3.8, 4) is 11.3 Å². The summed E-state index contributed by atoms with van der Waals surface area (Å²) in [5, 5.41) is 11.5. The van der Waals surface area contributed by atoms with E-state index in [1.807, 2.05) is 24.3 Å². The Hall–Kier alpha value is -2.92. The number of H-pyrrole nitrogens is 1. The van der Waals surface area contributed by atoms with Gasteiger partial charge in [0.2, 0.25) is 0 Å². The van der Waals surface area contributed by atoms with E-state index in [4.69, 9.17) is 11.6 Å². The average Bonchev–Trinajstić information content (AvgIpc) is 3.12. The number of nitrogens with zero attached hydrogens (tertiary/aromatic N) is 2. The molecule has 27 heavy (non-hydrogen) atoms. The van der Waals surface area contributed by atoms with E-state index in [0.29, 0.717) is 16.4 Å². The quantitative estimate of drug-likeness (QED) is 0.504. The Morgan fingerprint density at radius 3 is 2.41 bits per heavy atom. The minimum atomic E-state index is -0.356. The summed E-state index contributed by atoms with van der Waals surface area (Å²) in [5.74, 6) is -0.356. The highest BCUT2D eigenvalue weighted by molar-refractivity contribution is 6.30. The van der Waals surface area contributed by atoms with E-state index in [1.54, 1.807) is 24.4 Å². The van der Waals surface area contributed by atoms with Crippen molar-refractivity contribution in [1.29, 1.82) is 0 Å². The highest BCUT2D eigenvalue weighted by Crippen LogP contribution is 2.22. The third kappa shape index (κ3) is 4.83. The number of carbonyl (C=O) groups excluding carboxylic acids is 1. The summed E-state index contributed by atoms with van der Waals surface area (Å²) in [5.41, 5.74) is 6.64. The van der Waals surface area contributed by atoms with Crippen LogP contribution in [-0.4, -0.2) is 22.3 Å². The summed E-state index contributed by atoms with van der Waals surface area (Å²) in [4.78, 5) is 12.2. The number of benzene rings is 2. The largest absolute Gasteiger partial charge is 0.289 e. The van der Waals surface area contributed by atoms with Crippen LogP contribution < -0.4 is 5.43 Å². The highest BCUT2D eigenvalue weighted by atomic mass is 35.5. The van der Waals surface area contributed by atoms with Crippen LogP contribution in [0.25, 0.3) is 11.3 Å². The first-order valence-corrected chi connectivity index (χ1v) is 8.96. The monoisotopic (exact) mass is 380 g/mol. The fourth-order valence-electron chi connectivity index (χ4n) is 2.50. The molecule has 0 atom stereocenters. The van der Waals surface area contributed by atoms with Crippen LogP contribution >= 0.6 is 11.6 Å². The molecule has 0 saturated heterocycles. The number of rotatable bonds is 4. The van der Waals surface area contributed by atoms with E-state index in [0.717, 1.165) is 11.1 Å². The van der Waals surface area contributed by atoms with E-state index in [1.165, 1.54) is 5.56 Å². The molecule has 1 heterocycles. The second kappa shape index (κ2) is 7.76. The van der Waals surface area contributed by atoms with Crippen molar-refractivity contribution < 1.29 is 4.79 Å². The van der Waals surface area contributed by atoms with Gasteiger partial charge in [-0.25, -0.2) is 5.43 Å². The van der Waals surface area contributed by atoms with Crippen LogP contribution in [0.5, 0.6) is 0 Å². The summed E-state index contributed by atoms with van der Waals surface area (Å²) >= 11 is 5.89. The van der Waals surface area contributed by atoms with Crippen LogP contribution in [0.15, 0.2) is 59.7 Å². The maximum atomic E-state index is 12.2. The van der Waals surface area contributed by atoms with Gasteiger partial charge >= 0.3 is 0 Å². The summed E-state index contributed by atoms with van der Waals surface area (Å²) in [7, 11) is 0. The number of aromatic amines is 1. The molecule has 0 aliphatic carbocycles. The standard InChI is InChI=1S/C21H21ClN4O/c1-21(2,3)16-8-4-14(5-9-16)13-23-26-20(27)19-12-18(24-25-19)15-6-10-17(22)11-7-15/h4-13H,1-3H3,(H,24,25)(H,26,27)/b23-13-. The molecule has 0 unspecified atom stereocenters. The van der Waals surface area contributed by atoms with Crippen molar-refractivity contribution in [2.75, 3.05) is 0 Å². The normalized spacial score (nSPS) is 11.7. The van der Waals surface area contributed by atoms with Gasteiger partial charge in [0.05, 0.1) is 11.9 Å². The van der Waals surface area contributed by atoms with Crippen molar-refractivity contribution in [2.45, 2.75) is 26.2 Å². The molecule has 0 radical (unpaired) electrons. The zero-order valence-electron chi connectivity index (χ0n) is 15.5. The Morgan fingerprint density at radius 1 is 1.11 bits per heavy atom. The number of hydrazone groups is 1. The van der Waals surface area contributed by atoms with Gasteiger partial charge in [-0.1, -0.05) is 68.8 Å². The lowest BCUT2D eigenvalue weighted by molar-refractivity contribution is 0.0950. The number of hydrogen-bond acceptors (Lipinski definition) is 3. The lowest BCUT2D eigenvalue weighted by Gasteiger charge is -2.18. The maximum Gasteiger partial charge on any atom is 0.289 e. The molecular formula is C21H21ClN4O. The van der Waals surface area contributed by atoms with Crippen molar-refractivity contribution in [1.82, 2.24) is 15.6 Å². The van der Waals surface area contributed by atoms with Crippen LogP contribution in [0.3, 0.4) is 0 Å². The first kappa shape index (κ1) is 18.9. The number of halogens is 1. The SMILES string of the molecule is CC(C)(C)c1ccc(/C=N\NC(=O)c2cc(-c3ccc(Cl)cc3)n[nH]2)cc1. The van der Waals surface area contributed by atoms with Crippen molar-refractivity contribution >= 4 is 23.7 Å². The van der Waals surface area contributed by atoms with Crippen LogP contribution in [0, 0.1) is 0 Å². The Labute approximate surface area is 163 Å². The number of hydrogen-bond donors (Lipinski definition) is 2. The zero-order chi connectivity index (χ0) is 19.4. The van der Waals surface area contributed by atoms with Crippen molar-refractivity contribution in [2.24, 2.45) is 5.10 Å². The molecule has 0 aliphatic heterocycles. The van der Waals surface area contributed by atoms with Gasteiger partial charge in [-0.15, -0.1) is 0 Å². The van der Waals surface area contributed by atoms with E-state index >= 15 is 0 Å². The fourth-order valence-corrected chi connectivity index (χ4v) is 2.63. The highest BCUT2D eigenvalue weighted by Gasteiger charge is 2.13. The molecule has 138 valence electrons. The number of nitrogens with one attached hydrogen (secondary N) is 2. The first-order chi connectivity index (χ1) is 12.8. The molecule has 0 aliphatic rings. The average molecular weight is 381 g/mol. The third-order valence-electron chi connectivity index (χ3n) is 4.12. The molecule has 3 aromatic rings. The number of aromatic nitrogens is 2. The van der Waals surface area contributed by atoms with E-state index in [9.17, 15) is 4.79 Å². The summed E-state index contributed by atoms with van der Waals surface area (Å²) in [6.07, 6.45) is 1.61. The molecule has 0 spiro atoms. The maximum absolute atomic E-state index is 12.2. The molecule has 0 fully saturated rings. The first-order valence-electron chi connectivity index (χ1n) is 8.58. The van der Waals surface area contributed by atoms with Crippen LogP contribution in [0.2, 0.25) is 5.02 Å². The molecular weight excluding hydrogens is 360 g/mol.